The molecule has 1 saturated carbocycles. The quantitative estimate of drug-likeness (QED) is 0.0962. The smallest absolute Gasteiger partial charge is 0.269 e. The van der Waals surface area contributed by atoms with Crippen molar-refractivity contribution in [2.24, 2.45) is 11.3 Å². The van der Waals surface area contributed by atoms with Crippen LogP contribution in [0.25, 0.3) is 49.4 Å². The van der Waals surface area contributed by atoms with E-state index in [4.69, 9.17) is 45.2 Å². The number of hydrogen-bond donors (Lipinski definition) is 0. The molecule has 0 unspecified atom stereocenters. The van der Waals surface area contributed by atoms with Crippen molar-refractivity contribution in [2.45, 2.75) is 265 Å². The predicted octanol–water partition coefficient (Wildman–Crippen LogP) is 29.3. The molecule has 0 atom stereocenters. The molecule has 18 rings (SSSR count). The molecule has 0 aromatic heterocycles. The molecule has 0 amide bonds. The number of rotatable bonds is 10. The maximum absolute atomic E-state index is 9.52. The van der Waals surface area contributed by atoms with Crippen molar-refractivity contribution in [1.82, 2.24) is 0 Å². The number of ether oxygens (including phenoxy) is 4. The van der Waals surface area contributed by atoms with Crippen molar-refractivity contribution in [2.75, 3.05) is 72.0 Å². The second-order valence-corrected chi connectivity index (χ2v) is 45.2. The molecular weight excluding hydrogens is 1690 g/mol. The number of anilines is 4. The van der Waals surface area contributed by atoms with E-state index in [1.807, 2.05) is 98.0 Å². The van der Waals surface area contributed by atoms with E-state index >= 15 is 0 Å². The zero-order valence-corrected chi connectivity index (χ0v) is 84.2. The first-order chi connectivity index (χ1) is 64.9. The molecule has 137 heavy (non-hydrogen) atoms. The summed E-state index contributed by atoms with van der Waals surface area (Å²) in [6.07, 6.45) is 45.9. The zero-order chi connectivity index (χ0) is 98.3. The minimum atomic E-state index is -0.241. The van der Waals surface area contributed by atoms with Crippen LogP contribution in [0.2, 0.25) is 0 Å². The fraction of sp³-hybridized carbons (Fsp3) is 0.421. The fourth-order valence-corrected chi connectivity index (χ4v) is 21.4. The van der Waals surface area contributed by atoms with Gasteiger partial charge in [-0.05, 0) is 325 Å². The predicted molar refractivity (Wildman–Crippen MR) is 556 cm³/mol. The Morgan fingerprint density at radius 2 is 0.613 bits per heavy atom. The van der Waals surface area contributed by atoms with Gasteiger partial charge in [0, 0.05) is 92.0 Å². The monoisotopic (exact) mass is 1820 g/mol. The van der Waals surface area contributed by atoms with Gasteiger partial charge < -0.3 is 38.5 Å². The zero-order valence-electron chi connectivity index (χ0n) is 84.2. The molecule has 5 aromatic rings. The van der Waals surface area contributed by atoms with Crippen molar-refractivity contribution >= 4 is 52.8 Å². The van der Waals surface area contributed by atoms with Gasteiger partial charge in [-0.25, -0.2) is 40.4 Å². The van der Waals surface area contributed by atoms with E-state index in [1.165, 1.54) is 105 Å². The van der Waals surface area contributed by atoms with E-state index in [9.17, 15) is 21.0 Å². The summed E-state index contributed by atoms with van der Waals surface area (Å²) in [5.74, 6) is 5.90. The number of nitriles is 4. The fourth-order valence-electron chi connectivity index (χ4n) is 21.4. The standard InChI is InChI=1S/C32H37N3O.C32H31N3O.C30H35N3O.C27H29N3O/c2*1-31(2)13-15-35-16-14-32(3,4)27-18-22(17-26(31)30(27)35)11-12-25-19-24(28(21-33)34-5)20-29(36-25)23-9-7-6-8-10-23;1-28(2,3)26-18-21(25(19-31)32-8)17-22(34-26)10-9-20-15-23-27-24(16-20)30(6,7)12-14-33(27)13-11-29(23,4)5;1-18-13-20(24(17-28)29-6)16-21(31-18)8-7-19-14-22-25-23(15-19)27(4,5)10-12-30(25)11-9-26(22,2)3/h11-12,17-20,23H,6-10,13-16H2,1-4H3;6-12,17-20H,13-16H2,1-4H3;9-10,15-18H,11-14H2,1-7H3;7-8,13-16H,9-12H2,1-5H3/b2*12-11+,28-24-;10-9+,25-21-;8-7+,24-20+. The molecule has 5 aromatic carbocycles. The van der Waals surface area contributed by atoms with Crippen LogP contribution in [0.3, 0.4) is 0 Å². The normalized spacial score (nSPS) is 22.4. The van der Waals surface area contributed by atoms with Crippen LogP contribution in [-0.4, -0.2) is 52.4 Å². The van der Waals surface area contributed by atoms with Gasteiger partial charge in [-0.15, -0.1) is 0 Å². The van der Waals surface area contributed by atoms with Crippen LogP contribution in [0.4, 0.5) is 22.7 Å². The van der Waals surface area contributed by atoms with Crippen LogP contribution < -0.4 is 19.6 Å². The van der Waals surface area contributed by atoms with Crippen molar-refractivity contribution in [3.05, 3.63) is 355 Å². The molecule has 16 heteroatoms. The van der Waals surface area contributed by atoms with Gasteiger partial charge in [0.15, 0.2) is 0 Å². The Kier molecular flexibility index (Phi) is 27.4. The summed E-state index contributed by atoms with van der Waals surface area (Å²) in [5.41, 5.74) is 26.4. The van der Waals surface area contributed by atoms with Gasteiger partial charge in [-0.1, -0.05) is 205 Å². The largest absolute Gasteiger partial charge is 0.462 e. The van der Waals surface area contributed by atoms with Gasteiger partial charge >= 0.3 is 0 Å². The Balaban J connectivity index is 0.000000139. The van der Waals surface area contributed by atoms with E-state index in [1.54, 1.807) is 30.4 Å². The minimum Gasteiger partial charge on any atom is -0.462 e. The van der Waals surface area contributed by atoms with E-state index < -0.39 is 0 Å². The van der Waals surface area contributed by atoms with Crippen molar-refractivity contribution in [3.63, 3.8) is 0 Å². The molecule has 0 radical (unpaired) electrons. The number of hydrogen-bond acceptors (Lipinski definition) is 12. The summed E-state index contributed by atoms with van der Waals surface area (Å²) >= 11 is 0. The number of allylic oxidation sites excluding steroid dienone is 23. The molecule has 1 fully saturated rings. The van der Waals surface area contributed by atoms with Crippen molar-refractivity contribution < 1.29 is 18.9 Å². The average Bonchev–Trinajstić information content (AvgIpc) is 0.741. The Morgan fingerprint density at radius 3 is 0.905 bits per heavy atom. The lowest BCUT2D eigenvalue weighted by molar-refractivity contribution is 0.223. The highest BCUT2D eigenvalue weighted by Crippen LogP contribution is 2.56. The van der Waals surface area contributed by atoms with Gasteiger partial charge in [0.2, 0.25) is 0 Å². The third kappa shape index (κ3) is 20.7. The van der Waals surface area contributed by atoms with Gasteiger partial charge in [-0.2, -0.15) is 0 Å². The lowest BCUT2D eigenvalue weighted by Crippen LogP contribution is -2.44. The van der Waals surface area contributed by atoms with Crippen LogP contribution in [0, 0.1) is 82.9 Å². The summed E-state index contributed by atoms with van der Waals surface area (Å²) in [7, 11) is 0. The van der Waals surface area contributed by atoms with E-state index in [0.717, 1.165) is 137 Å². The summed E-state index contributed by atoms with van der Waals surface area (Å²) in [6, 6.07) is 36.5. The first kappa shape index (κ1) is 97.8. The SMILES string of the molecule is [C-]#[N+]/C(C#N)=C1C=C(/C=C/c2cc3c4c(c2)C(C)(C)CCN4CCC3(C)C)OC(C(C)(C)C)=C/1.[C-]#[N+]/C(C#N)=C1C=C(/C=C/c2cc3c4c(c2)C(C)(C)CCN4CCC3(C)C)OC(C2CCCCC2)=C/1.[C-]#[N+]/C(C#N)=C1C=C(/C=C/c2cc3c4c(c2)C(C)(C)CCN4CCC3(C)C)OC(c2ccccc2)=C/1.[C-]#[N+]/C(C#N)=C1\C=C(C)OC(/C=C/c2cc3c4c(c2)C(C)(C)CCN4CCC3(C)C)=C1. The van der Waals surface area contributed by atoms with Crippen LogP contribution in [0.1, 0.15) is 294 Å². The highest BCUT2D eigenvalue weighted by atomic mass is 16.5. The molecule has 13 aliphatic rings. The molecule has 1 aliphatic carbocycles. The van der Waals surface area contributed by atoms with Gasteiger partial charge in [0.05, 0.1) is 50.6 Å². The van der Waals surface area contributed by atoms with E-state index in [0.29, 0.717) is 62.8 Å². The summed E-state index contributed by atoms with van der Waals surface area (Å²) in [5, 5.41) is 37.6. The van der Waals surface area contributed by atoms with Gasteiger partial charge in [0.1, 0.15) is 46.1 Å². The van der Waals surface area contributed by atoms with Crippen LogP contribution in [-0.2, 0) is 62.3 Å². The highest BCUT2D eigenvalue weighted by molar-refractivity contribution is 5.78. The summed E-state index contributed by atoms with van der Waals surface area (Å²) in [4.78, 5) is 23.9. The molecule has 16 nitrogen and oxygen atoms in total. The molecule has 0 saturated heterocycles. The molecule has 0 spiro atoms. The average molecular weight is 1820 g/mol. The van der Waals surface area contributed by atoms with Crippen LogP contribution >= 0.6 is 0 Å². The topological polar surface area (TPSA) is 162 Å². The highest BCUT2D eigenvalue weighted by Gasteiger charge is 2.46. The summed E-state index contributed by atoms with van der Waals surface area (Å²) in [6.45, 7) is 84.2. The molecule has 0 bridgehead atoms. The second-order valence-electron chi connectivity index (χ2n) is 45.2. The first-order valence-corrected chi connectivity index (χ1v) is 49.0. The van der Waals surface area contributed by atoms with E-state index in [2.05, 4.69) is 249 Å². The minimum absolute atomic E-state index is 0.0550. The Bertz CT molecular complexity index is 6440. The molecule has 12 heterocycles. The number of benzene rings is 5. The van der Waals surface area contributed by atoms with Crippen molar-refractivity contribution in [3.8, 4) is 24.3 Å². The molecule has 700 valence electrons. The lowest BCUT2D eigenvalue weighted by Gasteiger charge is -2.48. The first-order valence-electron chi connectivity index (χ1n) is 49.0. The third-order valence-corrected chi connectivity index (χ3v) is 30.6. The van der Waals surface area contributed by atoms with E-state index in [-0.39, 0.29) is 71.5 Å². The Morgan fingerprint density at radius 1 is 0.343 bits per heavy atom. The van der Waals surface area contributed by atoms with Crippen molar-refractivity contribution in [1.29, 1.82) is 21.0 Å². The Labute approximate surface area is 815 Å². The van der Waals surface area contributed by atoms with Crippen LogP contribution in [0.5, 0.6) is 0 Å². The second kappa shape index (κ2) is 38.4. The number of nitrogens with zero attached hydrogens (tertiary/aromatic N) is 12. The molecule has 0 N–H and O–H groups in total. The molecular formula is C121H132N12O4. The molecule has 12 aliphatic heterocycles. The lowest BCUT2D eigenvalue weighted by atomic mass is 9.69. The van der Waals surface area contributed by atoms with Gasteiger partial charge in [-0.3, -0.25) is 0 Å². The third-order valence-electron chi connectivity index (χ3n) is 30.6. The van der Waals surface area contributed by atoms with Crippen LogP contribution in [0.15, 0.2) is 237 Å². The van der Waals surface area contributed by atoms with Gasteiger partial charge in [0.25, 0.3) is 22.8 Å². The Hall–Kier alpha value is -13.7. The summed E-state index contributed by atoms with van der Waals surface area (Å²) < 4.78 is 24.6. The maximum atomic E-state index is 9.52. The maximum Gasteiger partial charge on any atom is 0.269 e.